The van der Waals surface area contributed by atoms with E-state index >= 15 is 0 Å². The lowest BCUT2D eigenvalue weighted by Gasteiger charge is -2.19. The Morgan fingerprint density at radius 2 is 2.18 bits per heavy atom. The van der Waals surface area contributed by atoms with Crippen LogP contribution in [0.25, 0.3) is 0 Å². The van der Waals surface area contributed by atoms with Gasteiger partial charge in [-0.05, 0) is 6.42 Å². The zero-order valence-corrected chi connectivity index (χ0v) is 10.7. The van der Waals surface area contributed by atoms with Crippen LogP contribution in [0.5, 0.6) is 0 Å². The molecule has 0 rings (SSSR count). The number of carboxylic acid groups (broad SMARTS) is 1. The van der Waals surface area contributed by atoms with Crippen molar-refractivity contribution in [1.82, 2.24) is 10.2 Å². The van der Waals surface area contributed by atoms with Gasteiger partial charge in [0.15, 0.2) is 0 Å². The molecule has 6 nitrogen and oxygen atoms in total. The third kappa shape index (κ3) is 8.44. The van der Waals surface area contributed by atoms with Crippen LogP contribution in [0, 0.1) is 0 Å². The molecule has 1 unspecified atom stereocenters. The number of hydrogen-bond donors (Lipinski definition) is 2. The fraction of sp³-hybridized carbons (Fsp3) is 0.600. The van der Waals surface area contributed by atoms with Gasteiger partial charge in [0.1, 0.15) is 6.54 Å². The van der Waals surface area contributed by atoms with Crippen LogP contribution >= 0.6 is 0 Å². The maximum absolute atomic E-state index is 11.5. The third-order valence-corrected chi connectivity index (χ3v) is 2.71. The highest BCUT2D eigenvalue weighted by Gasteiger charge is 2.14. The molecule has 2 amide bonds. The van der Waals surface area contributed by atoms with Crippen molar-refractivity contribution < 1.29 is 18.9 Å². The van der Waals surface area contributed by atoms with E-state index in [1.165, 1.54) is 6.08 Å². The van der Waals surface area contributed by atoms with Crippen molar-refractivity contribution in [1.29, 1.82) is 0 Å². The Morgan fingerprint density at radius 1 is 1.53 bits per heavy atom. The number of rotatable bonds is 8. The first-order chi connectivity index (χ1) is 7.97. The number of nitrogens with zero attached hydrogens (tertiary/aromatic N) is 1. The maximum atomic E-state index is 11.5. The minimum Gasteiger partial charge on any atom is -0.480 e. The average molecular weight is 262 g/mol. The van der Waals surface area contributed by atoms with Gasteiger partial charge in [-0.25, -0.2) is 4.79 Å². The summed E-state index contributed by atoms with van der Waals surface area (Å²) in [5.74, 6) is -0.558. The number of hydrogen-bond acceptors (Lipinski definition) is 3. The summed E-state index contributed by atoms with van der Waals surface area (Å²) in [5, 5.41) is 11.2. The van der Waals surface area contributed by atoms with Crippen molar-refractivity contribution in [3.05, 3.63) is 12.7 Å². The standard InChI is InChI=1S/C10H18N2O4S/c1-3-6-12(8-9(13)14)10(15)11-5-4-7-17(2)16/h3H,1,4-8H2,2H3,(H,11,15)(H,13,14). The van der Waals surface area contributed by atoms with Crippen LogP contribution in [0.3, 0.4) is 0 Å². The molecule has 1 atom stereocenters. The highest BCUT2D eigenvalue weighted by atomic mass is 32.2. The number of carboxylic acids is 1. The fourth-order valence-electron chi connectivity index (χ4n) is 1.12. The van der Waals surface area contributed by atoms with E-state index in [-0.39, 0.29) is 13.1 Å². The summed E-state index contributed by atoms with van der Waals surface area (Å²) in [6.45, 7) is 3.65. The highest BCUT2D eigenvalue weighted by Crippen LogP contribution is 1.91. The van der Waals surface area contributed by atoms with Crippen LogP contribution in [0.2, 0.25) is 0 Å². The van der Waals surface area contributed by atoms with Gasteiger partial charge in [-0.1, -0.05) is 6.08 Å². The molecule has 17 heavy (non-hydrogen) atoms. The minimum atomic E-state index is -1.07. The van der Waals surface area contributed by atoms with E-state index in [0.29, 0.717) is 18.7 Å². The summed E-state index contributed by atoms with van der Waals surface area (Å²) in [6.07, 6.45) is 3.66. The largest absolute Gasteiger partial charge is 0.480 e. The van der Waals surface area contributed by atoms with Crippen molar-refractivity contribution in [2.45, 2.75) is 6.42 Å². The lowest BCUT2D eigenvalue weighted by atomic mass is 10.4. The van der Waals surface area contributed by atoms with Crippen molar-refractivity contribution in [2.75, 3.05) is 31.6 Å². The highest BCUT2D eigenvalue weighted by molar-refractivity contribution is 7.84. The van der Waals surface area contributed by atoms with E-state index in [1.807, 2.05) is 0 Å². The predicted molar refractivity (Wildman–Crippen MR) is 66.4 cm³/mol. The van der Waals surface area contributed by atoms with E-state index in [2.05, 4.69) is 11.9 Å². The van der Waals surface area contributed by atoms with Gasteiger partial charge >= 0.3 is 12.0 Å². The number of carbonyl (C=O) groups is 2. The molecule has 0 saturated carbocycles. The summed E-state index contributed by atoms with van der Waals surface area (Å²) in [7, 11) is -0.879. The van der Waals surface area contributed by atoms with Gasteiger partial charge < -0.3 is 15.3 Å². The maximum Gasteiger partial charge on any atom is 0.323 e. The monoisotopic (exact) mass is 262 g/mol. The van der Waals surface area contributed by atoms with Crippen molar-refractivity contribution in [3.63, 3.8) is 0 Å². The molecule has 98 valence electrons. The van der Waals surface area contributed by atoms with Crippen LogP contribution in [0.4, 0.5) is 4.79 Å². The molecule has 0 aromatic heterocycles. The van der Waals surface area contributed by atoms with E-state index in [9.17, 15) is 13.8 Å². The smallest absolute Gasteiger partial charge is 0.323 e. The van der Waals surface area contributed by atoms with Crippen molar-refractivity contribution in [3.8, 4) is 0 Å². The Kier molecular flexibility index (Phi) is 8.04. The number of urea groups is 1. The Hall–Kier alpha value is -1.37. The summed E-state index contributed by atoms with van der Waals surface area (Å²) in [6, 6.07) is -0.450. The van der Waals surface area contributed by atoms with E-state index in [1.54, 1.807) is 6.26 Å². The van der Waals surface area contributed by atoms with E-state index < -0.39 is 22.8 Å². The molecule has 0 aliphatic rings. The molecular weight excluding hydrogens is 244 g/mol. The molecule has 0 heterocycles. The normalized spacial score (nSPS) is 11.6. The molecule has 0 aromatic rings. The molecule has 0 radical (unpaired) electrons. The number of carbonyl (C=O) groups excluding carboxylic acids is 1. The molecule has 0 aromatic carbocycles. The lowest BCUT2D eigenvalue weighted by molar-refractivity contribution is -0.137. The second-order valence-electron chi connectivity index (χ2n) is 3.43. The SMILES string of the molecule is C=CCN(CC(=O)O)C(=O)NCCCS(C)=O. The molecule has 7 heteroatoms. The molecular formula is C10H18N2O4S. The van der Waals surface area contributed by atoms with Crippen molar-refractivity contribution >= 4 is 22.8 Å². The topological polar surface area (TPSA) is 86.7 Å². The first-order valence-corrected chi connectivity index (χ1v) is 6.85. The van der Waals surface area contributed by atoms with Gasteiger partial charge in [-0.15, -0.1) is 6.58 Å². The molecule has 0 aliphatic carbocycles. The Balaban J connectivity index is 4.00. The van der Waals surface area contributed by atoms with Crippen LogP contribution < -0.4 is 5.32 Å². The van der Waals surface area contributed by atoms with Crippen LogP contribution in [-0.4, -0.2) is 57.9 Å². The van der Waals surface area contributed by atoms with Gasteiger partial charge in [0.05, 0.1) is 0 Å². The second-order valence-corrected chi connectivity index (χ2v) is 4.98. The van der Waals surface area contributed by atoms with Crippen LogP contribution in [0.15, 0.2) is 12.7 Å². The lowest BCUT2D eigenvalue weighted by Crippen LogP contribution is -2.43. The van der Waals surface area contributed by atoms with Gasteiger partial charge in [0.2, 0.25) is 0 Å². The second kappa shape index (κ2) is 8.74. The predicted octanol–water partition coefficient (Wildman–Crippen LogP) is 0.0372. The third-order valence-electron chi connectivity index (χ3n) is 1.85. The zero-order chi connectivity index (χ0) is 13.3. The molecule has 0 saturated heterocycles. The van der Waals surface area contributed by atoms with Gasteiger partial charge in [0.25, 0.3) is 0 Å². The van der Waals surface area contributed by atoms with E-state index in [4.69, 9.17) is 5.11 Å². The van der Waals surface area contributed by atoms with Gasteiger partial charge in [-0.2, -0.15) is 0 Å². The quantitative estimate of drug-likeness (QED) is 0.477. The molecule has 0 fully saturated rings. The van der Waals surface area contributed by atoms with Crippen molar-refractivity contribution in [2.24, 2.45) is 0 Å². The minimum absolute atomic E-state index is 0.178. The molecule has 0 bridgehead atoms. The Bertz CT molecular complexity index is 307. The van der Waals surface area contributed by atoms with Crippen LogP contribution in [-0.2, 0) is 15.6 Å². The first-order valence-electron chi connectivity index (χ1n) is 5.13. The van der Waals surface area contributed by atoms with Crippen LogP contribution in [0.1, 0.15) is 6.42 Å². The zero-order valence-electron chi connectivity index (χ0n) is 9.85. The summed E-state index contributed by atoms with van der Waals surface area (Å²) in [5.41, 5.74) is 0. The summed E-state index contributed by atoms with van der Waals surface area (Å²) < 4.78 is 10.8. The Morgan fingerprint density at radius 3 is 2.65 bits per heavy atom. The summed E-state index contributed by atoms with van der Waals surface area (Å²) >= 11 is 0. The number of aliphatic carboxylic acids is 1. The first kappa shape index (κ1) is 15.6. The number of nitrogens with one attached hydrogen (secondary N) is 1. The van der Waals surface area contributed by atoms with E-state index in [0.717, 1.165) is 4.90 Å². The number of amides is 2. The molecule has 0 spiro atoms. The van der Waals surface area contributed by atoms with Gasteiger partial charge in [-0.3, -0.25) is 9.00 Å². The Labute approximate surface area is 103 Å². The molecule has 0 aliphatic heterocycles. The molecule has 2 N–H and O–H groups in total. The van der Waals surface area contributed by atoms with Gasteiger partial charge in [0, 0.05) is 35.9 Å². The average Bonchev–Trinajstić information content (AvgIpc) is 2.22. The fourth-order valence-corrected chi connectivity index (χ4v) is 1.67. The summed E-state index contributed by atoms with van der Waals surface area (Å²) in [4.78, 5) is 23.2.